The quantitative estimate of drug-likeness (QED) is 0.742. The van der Waals surface area contributed by atoms with Gasteiger partial charge in [-0.3, -0.25) is 9.59 Å². The summed E-state index contributed by atoms with van der Waals surface area (Å²) < 4.78 is 27.8. The molecule has 0 radical (unpaired) electrons. The fraction of sp³-hybridized carbons (Fsp3) is 0.455. The van der Waals surface area contributed by atoms with Gasteiger partial charge in [-0.1, -0.05) is 6.07 Å². The van der Waals surface area contributed by atoms with E-state index >= 15 is 0 Å². The molecule has 0 aliphatic carbocycles. The van der Waals surface area contributed by atoms with E-state index in [0.29, 0.717) is 38.9 Å². The summed E-state index contributed by atoms with van der Waals surface area (Å²) in [6, 6.07) is 8.97. The third-order valence-electron chi connectivity index (χ3n) is 6.09. The van der Waals surface area contributed by atoms with Crippen molar-refractivity contribution in [2.24, 2.45) is 5.92 Å². The van der Waals surface area contributed by atoms with Crippen molar-refractivity contribution >= 4 is 38.9 Å². The zero-order chi connectivity index (χ0) is 22.2. The van der Waals surface area contributed by atoms with Crippen molar-refractivity contribution in [3.63, 3.8) is 0 Å². The van der Waals surface area contributed by atoms with Gasteiger partial charge < -0.3 is 10.2 Å². The molecule has 4 rings (SSSR count). The lowest BCUT2D eigenvalue weighted by Crippen LogP contribution is -2.42. The van der Waals surface area contributed by atoms with Crippen LogP contribution in [0.15, 0.2) is 40.6 Å². The van der Waals surface area contributed by atoms with Crippen molar-refractivity contribution in [1.29, 1.82) is 0 Å². The monoisotopic (exact) mass is 461 g/mol. The molecule has 1 saturated heterocycles. The van der Waals surface area contributed by atoms with Crippen molar-refractivity contribution in [2.45, 2.75) is 50.6 Å². The Balaban J connectivity index is 1.40. The van der Waals surface area contributed by atoms with Gasteiger partial charge in [0.25, 0.3) is 0 Å². The minimum Gasteiger partial charge on any atom is -0.351 e. The number of carbonyl (C=O) groups excluding carboxylic acids is 2. The second-order valence-corrected chi connectivity index (χ2v) is 11.2. The first kappa shape index (κ1) is 22.0. The third-order valence-corrected chi connectivity index (χ3v) is 8.86. The van der Waals surface area contributed by atoms with Crippen molar-refractivity contribution in [2.75, 3.05) is 18.0 Å². The van der Waals surface area contributed by atoms with Gasteiger partial charge in [-0.15, -0.1) is 11.3 Å². The summed E-state index contributed by atoms with van der Waals surface area (Å²) in [5.41, 5.74) is 1.67. The Labute approximate surface area is 187 Å². The molecule has 166 valence electrons. The van der Waals surface area contributed by atoms with Gasteiger partial charge in [-0.25, -0.2) is 8.42 Å². The van der Waals surface area contributed by atoms with Crippen LogP contribution in [0, 0.1) is 5.92 Å². The van der Waals surface area contributed by atoms with E-state index in [-0.39, 0.29) is 28.7 Å². The van der Waals surface area contributed by atoms with Gasteiger partial charge in [-0.2, -0.15) is 4.31 Å². The van der Waals surface area contributed by atoms with E-state index < -0.39 is 10.0 Å². The Bertz CT molecular complexity index is 1070. The van der Waals surface area contributed by atoms with Gasteiger partial charge in [0, 0.05) is 42.5 Å². The number of hydrogen-bond donors (Lipinski definition) is 1. The van der Waals surface area contributed by atoms with Gasteiger partial charge in [0.15, 0.2) is 0 Å². The van der Waals surface area contributed by atoms with Gasteiger partial charge in [-0.05, 0) is 61.4 Å². The average molecular weight is 462 g/mol. The van der Waals surface area contributed by atoms with Crippen LogP contribution in [0.3, 0.4) is 0 Å². The standard InChI is InChI=1S/C22H27N3O4S2/c1-15-12-18-13-20(5-6-21(18)25(15)16(2)26)31(28,29)24-9-7-17(8-10-24)22(27)23-14-19-4-3-11-30-19/h3-6,11,13,15,17H,7-10,12,14H2,1-2H3,(H,23,27). The van der Waals surface area contributed by atoms with Crippen LogP contribution in [0.4, 0.5) is 5.69 Å². The molecule has 1 atom stereocenters. The second kappa shape index (κ2) is 8.72. The Hall–Kier alpha value is -2.23. The average Bonchev–Trinajstić information content (AvgIpc) is 3.38. The van der Waals surface area contributed by atoms with Crippen LogP contribution in [0.5, 0.6) is 0 Å². The number of benzene rings is 1. The first-order chi connectivity index (χ1) is 14.8. The van der Waals surface area contributed by atoms with Crippen LogP contribution in [0.2, 0.25) is 0 Å². The highest BCUT2D eigenvalue weighted by Crippen LogP contribution is 2.35. The molecule has 1 unspecified atom stereocenters. The lowest BCUT2D eigenvalue weighted by atomic mass is 9.97. The molecule has 9 heteroatoms. The summed E-state index contributed by atoms with van der Waals surface area (Å²) in [4.78, 5) is 27.4. The highest BCUT2D eigenvalue weighted by Gasteiger charge is 2.34. The molecule has 0 spiro atoms. The Morgan fingerprint density at radius 3 is 2.58 bits per heavy atom. The highest BCUT2D eigenvalue weighted by atomic mass is 32.2. The summed E-state index contributed by atoms with van der Waals surface area (Å²) in [5, 5.41) is 4.93. The number of amides is 2. The van der Waals surface area contributed by atoms with Crippen LogP contribution in [0.1, 0.15) is 37.1 Å². The third kappa shape index (κ3) is 4.40. The molecule has 2 amide bonds. The number of anilines is 1. The van der Waals surface area contributed by atoms with E-state index in [1.54, 1.807) is 34.4 Å². The predicted octanol–water partition coefficient (Wildman–Crippen LogP) is 2.76. The fourth-order valence-corrected chi connectivity index (χ4v) is 6.65. The van der Waals surface area contributed by atoms with Crippen LogP contribution >= 0.6 is 11.3 Å². The van der Waals surface area contributed by atoms with E-state index in [1.807, 2.05) is 24.4 Å². The lowest BCUT2D eigenvalue weighted by Gasteiger charge is -2.30. The van der Waals surface area contributed by atoms with E-state index in [2.05, 4.69) is 5.32 Å². The number of nitrogens with zero attached hydrogens (tertiary/aromatic N) is 2. The molecule has 0 bridgehead atoms. The minimum atomic E-state index is -3.64. The molecule has 3 heterocycles. The Kier molecular flexibility index (Phi) is 6.18. The second-order valence-electron chi connectivity index (χ2n) is 8.21. The maximum atomic E-state index is 13.2. The summed E-state index contributed by atoms with van der Waals surface area (Å²) in [6.07, 6.45) is 1.66. The summed E-state index contributed by atoms with van der Waals surface area (Å²) in [7, 11) is -3.64. The van der Waals surface area contributed by atoms with E-state index in [9.17, 15) is 18.0 Å². The number of thiophene rings is 1. The number of fused-ring (bicyclic) bond motifs is 1. The van der Waals surface area contributed by atoms with Crippen molar-refractivity contribution in [3.05, 3.63) is 46.2 Å². The molecule has 1 aromatic carbocycles. The Morgan fingerprint density at radius 1 is 1.19 bits per heavy atom. The number of hydrogen-bond acceptors (Lipinski definition) is 5. The molecular weight excluding hydrogens is 434 g/mol. The molecule has 7 nitrogen and oxygen atoms in total. The largest absolute Gasteiger partial charge is 0.351 e. The van der Waals surface area contributed by atoms with Crippen molar-refractivity contribution in [1.82, 2.24) is 9.62 Å². The first-order valence-corrected chi connectivity index (χ1v) is 12.8. The zero-order valence-electron chi connectivity index (χ0n) is 17.7. The number of rotatable bonds is 5. The smallest absolute Gasteiger partial charge is 0.243 e. The number of nitrogens with one attached hydrogen (secondary N) is 1. The maximum absolute atomic E-state index is 13.2. The first-order valence-electron chi connectivity index (χ1n) is 10.5. The molecule has 2 aromatic rings. The van der Waals surface area contributed by atoms with Crippen LogP contribution in [0.25, 0.3) is 0 Å². The molecule has 1 N–H and O–H groups in total. The normalized spacial score (nSPS) is 19.9. The molecule has 0 saturated carbocycles. The predicted molar refractivity (Wildman–Crippen MR) is 120 cm³/mol. The van der Waals surface area contributed by atoms with E-state index in [0.717, 1.165) is 16.1 Å². The summed E-state index contributed by atoms with van der Waals surface area (Å²) in [5.74, 6) is -0.223. The van der Waals surface area contributed by atoms with Gasteiger partial charge in [0.2, 0.25) is 21.8 Å². The lowest BCUT2D eigenvalue weighted by molar-refractivity contribution is -0.126. The minimum absolute atomic E-state index is 0.0127. The summed E-state index contributed by atoms with van der Waals surface area (Å²) >= 11 is 1.60. The zero-order valence-corrected chi connectivity index (χ0v) is 19.3. The van der Waals surface area contributed by atoms with Crippen molar-refractivity contribution in [3.8, 4) is 0 Å². The number of piperidine rings is 1. The molecule has 2 aliphatic rings. The SMILES string of the molecule is CC(=O)N1c2ccc(S(=O)(=O)N3CCC(C(=O)NCc4cccs4)CC3)cc2CC1C. The Morgan fingerprint density at radius 2 is 1.94 bits per heavy atom. The fourth-order valence-electron chi connectivity index (χ4n) is 4.49. The van der Waals surface area contributed by atoms with Crippen LogP contribution in [-0.4, -0.2) is 43.7 Å². The number of carbonyl (C=O) groups is 2. The van der Waals surface area contributed by atoms with Crippen molar-refractivity contribution < 1.29 is 18.0 Å². The van der Waals surface area contributed by atoms with Crippen LogP contribution < -0.4 is 10.2 Å². The molecule has 31 heavy (non-hydrogen) atoms. The molecule has 1 aromatic heterocycles. The number of sulfonamides is 1. The topological polar surface area (TPSA) is 86.8 Å². The maximum Gasteiger partial charge on any atom is 0.243 e. The highest BCUT2D eigenvalue weighted by molar-refractivity contribution is 7.89. The van der Waals surface area contributed by atoms with E-state index in [4.69, 9.17) is 0 Å². The van der Waals surface area contributed by atoms with Gasteiger partial charge in [0.1, 0.15) is 0 Å². The molecular formula is C22H27N3O4S2. The molecule has 1 fully saturated rings. The summed E-state index contributed by atoms with van der Waals surface area (Å²) in [6.45, 7) is 4.65. The van der Waals surface area contributed by atoms with E-state index in [1.165, 1.54) is 11.2 Å². The van der Waals surface area contributed by atoms with Gasteiger partial charge in [0.05, 0.1) is 11.4 Å². The van der Waals surface area contributed by atoms with Gasteiger partial charge >= 0.3 is 0 Å². The van der Waals surface area contributed by atoms with Crippen LogP contribution in [-0.2, 0) is 32.6 Å². The molecule has 2 aliphatic heterocycles.